The number of benzene rings is 2. The molecule has 0 saturated carbocycles. The van der Waals surface area contributed by atoms with E-state index in [1.807, 2.05) is 6.92 Å². The maximum atomic E-state index is 12.6. The first-order valence-corrected chi connectivity index (χ1v) is 11.3. The van der Waals surface area contributed by atoms with Gasteiger partial charge in [-0.3, -0.25) is 9.10 Å². The molecule has 0 heterocycles. The highest BCUT2D eigenvalue weighted by Gasteiger charge is 2.21. The number of nitrogens with zero attached hydrogens (tertiary/aromatic N) is 1. The Hall–Kier alpha value is -3.07. The first kappa shape index (κ1) is 23.2. The molecule has 0 aromatic heterocycles. The van der Waals surface area contributed by atoms with E-state index in [9.17, 15) is 18.0 Å². The van der Waals surface area contributed by atoms with Gasteiger partial charge in [0.25, 0.3) is 0 Å². The van der Waals surface area contributed by atoms with Crippen LogP contribution in [0.3, 0.4) is 0 Å². The Bertz CT molecular complexity index is 1000. The first-order chi connectivity index (χ1) is 14.2. The highest BCUT2D eigenvalue weighted by atomic mass is 32.2. The summed E-state index contributed by atoms with van der Waals surface area (Å²) >= 11 is 0. The molecule has 2 rings (SSSR count). The number of nitrogens with one attached hydrogen (secondary N) is 1. The topological polar surface area (TPSA) is 102 Å². The molecule has 0 saturated heterocycles. The predicted octanol–water partition coefficient (Wildman–Crippen LogP) is 2.98. The number of anilines is 2. The van der Waals surface area contributed by atoms with E-state index in [1.54, 1.807) is 56.3 Å². The fourth-order valence-electron chi connectivity index (χ4n) is 2.74. The Kier molecular flexibility index (Phi) is 7.82. The lowest BCUT2D eigenvalue weighted by molar-refractivity contribution is -0.114. The molecule has 0 aliphatic rings. The zero-order valence-electron chi connectivity index (χ0n) is 17.5. The summed E-state index contributed by atoms with van der Waals surface area (Å²) in [6, 6.07) is 11.2. The van der Waals surface area contributed by atoms with Crippen LogP contribution in [0, 0.1) is 6.92 Å². The van der Waals surface area contributed by atoms with Crippen LogP contribution in [0.5, 0.6) is 5.75 Å². The van der Waals surface area contributed by atoms with E-state index < -0.39 is 28.4 Å². The van der Waals surface area contributed by atoms with Crippen molar-refractivity contribution in [1.82, 2.24) is 0 Å². The summed E-state index contributed by atoms with van der Waals surface area (Å²) in [4.78, 5) is 24.4. The van der Waals surface area contributed by atoms with Gasteiger partial charge in [0.05, 0.1) is 30.7 Å². The van der Waals surface area contributed by atoms with Gasteiger partial charge in [0, 0.05) is 5.69 Å². The number of hydrogen-bond donors (Lipinski definition) is 1. The number of esters is 1. The molecular weight excluding hydrogens is 408 g/mol. The highest BCUT2D eigenvalue weighted by Crippen LogP contribution is 2.22. The molecule has 0 fully saturated rings. The predicted molar refractivity (Wildman–Crippen MR) is 116 cm³/mol. The summed E-state index contributed by atoms with van der Waals surface area (Å²) in [5.74, 6) is -0.352. The van der Waals surface area contributed by atoms with Crippen LogP contribution in [0.1, 0.15) is 29.8 Å². The van der Waals surface area contributed by atoms with Gasteiger partial charge in [0.2, 0.25) is 15.9 Å². The van der Waals surface area contributed by atoms with Crippen molar-refractivity contribution >= 4 is 33.3 Å². The van der Waals surface area contributed by atoms with Gasteiger partial charge in [-0.05, 0) is 68.8 Å². The Morgan fingerprint density at radius 1 is 1.03 bits per heavy atom. The van der Waals surface area contributed by atoms with Gasteiger partial charge in [-0.2, -0.15) is 0 Å². The average Bonchev–Trinajstić information content (AvgIpc) is 2.68. The van der Waals surface area contributed by atoms with Crippen LogP contribution in [0.2, 0.25) is 0 Å². The minimum Gasteiger partial charge on any atom is -0.494 e. The van der Waals surface area contributed by atoms with Crippen molar-refractivity contribution in [3.63, 3.8) is 0 Å². The molecular formula is C21H26N2O6S. The molecule has 1 N–H and O–H groups in total. The molecule has 0 aliphatic heterocycles. The lowest BCUT2D eigenvalue weighted by atomic mass is 10.1. The zero-order chi connectivity index (χ0) is 22.3. The molecule has 30 heavy (non-hydrogen) atoms. The second-order valence-electron chi connectivity index (χ2n) is 6.49. The maximum absolute atomic E-state index is 12.6. The molecule has 1 amide bonds. The van der Waals surface area contributed by atoms with Crippen molar-refractivity contribution in [2.24, 2.45) is 0 Å². The molecule has 0 spiro atoms. The van der Waals surface area contributed by atoms with Crippen molar-refractivity contribution in [2.75, 3.05) is 35.6 Å². The fourth-order valence-corrected chi connectivity index (χ4v) is 3.60. The molecule has 0 bridgehead atoms. The van der Waals surface area contributed by atoms with E-state index in [0.29, 0.717) is 34.9 Å². The molecule has 0 aliphatic carbocycles. The molecule has 2 aromatic carbocycles. The van der Waals surface area contributed by atoms with E-state index in [2.05, 4.69) is 5.32 Å². The second-order valence-corrected chi connectivity index (χ2v) is 8.40. The van der Waals surface area contributed by atoms with Crippen LogP contribution in [0.15, 0.2) is 42.5 Å². The Morgan fingerprint density at radius 3 is 2.23 bits per heavy atom. The van der Waals surface area contributed by atoms with Crippen molar-refractivity contribution in [3.05, 3.63) is 53.6 Å². The van der Waals surface area contributed by atoms with Crippen LogP contribution < -0.4 is 14.4 Å². The average molecular weight is 435 g/mol. The minimum absolute atomic E-state index is 0.267. The summed E-state index contributed by atoms with van der Waals surface area (Å²) in [7, 11) is -3.69. The molecule has 9 heteroatoms. The van der Waals surface area contributed by atoms with Crippen LogP contribution in [0.25, 0.3) is 0 Å². The lowest BCUT2D eigenvalue weighted by Crippen LogP contribution is -2.37. The summed E-state index contributed by atoms with van der Waals surface area (Å²) in [6.07, 6.45) is 1.04. The Labute approximate surface area is 176 Å². The number of ether oxygens (including phenoxy) is 2. The summed E-state index contributed by atoms with van der Waals surface area (Å²) in [6.45, 7) is 5.67. The van der Waals surface area contributed by atoms with Gasteiger partial charge in [-0.25, -0.2) is 13.2 Å². The van der Waals surface area contributed by atoms with Crippen molar-refractivity contribution in [1.29, 1.82) is 0 Å². The third kappa shape index (κ3) is 6.21. The molecule has 0 unspecified atom stereocenters. The van der Waals surface area contributed by atoms with Crippen LogP contribution in [0.4, 0.5) is 11.4 Å². The standard InChI is InChI=1S/C21H26N2O6S/c1-5-28-18-10-8-17(9-11-18)23(30(4,26)27)14-20(24)22-19-12-7-16(13-15(19)3)21(25)29-6-2/h7-13H,5-6,14H2,1-4H3,(H,22,24). The Morgan fingerprint density at radius 2 is 1.70 bits per heavy atom. The Balaban J connectivity index is 2.16. The minimum atomic E-state index is -3.69. The van der Waals surface area contributed by atoms with Crippen molar-refractivity contribution in [2.45, 2.75) is 20.8 Å². The van der Waals surface area contributed by atoms with Crippen molar-refractivity contribution in [3.8, 4) is 5.75 Å². The van der Waals surface area contributed by atoms with Gasteiger partial charge < -0.3 is 14.8 Å². The normalized spacial score (nSPS) is 10.9. The van der Waals surface area contributed by atoms with Gasteiger partial charge in [0.15, 0.2) is 0 Å². The molecule has 8 nitrogen and oxygen atoms in total. The summed E-state index contributed by atoms with van der Waals surface area (Å²) < 4.78 is 35.8. The number of rotatable bonds is 9. The molecule has 2 aromatic rings. The number of hydrogen-bond acceptors (Lipinski definition) is 6. The maximum Gasteiger partial charge on any atom is 0.338 e. The largest absolute Gasteiger partial charge is 0.494 e. The first-order valence-electron chi connectivity index (χ1n) is 9.44. The van der Waals surface area contributed by atoms with E-state index >= 15 is 0 Å². The van der Waals surface area contributed by atoms with Gasteiger partial charge in [-0.1, -0.05) is 0 Å². The summed E-state index contributed by atoms with van der Waals surface area (Å²) in [5, 5.41) is 2.69. The quantitative estimate of drug-likeness (QED) is 0.609. The van der Waals surface area contributed by atoms with Crippen LogP contribution in [-0.4, -0.2) is 46.3 Å². The van der Waals surface area contributed by atoms with Crippen LogP contribution >= 0.6 is 0 Å². The third-order valence-corrected chi connectivity index (χ3v) is 5.28. The molecule has 0 radical (unpaired) electrons. The van der Waals surface area contributed by atoms with E-state index in [4.69, 9.17) is 9.47 Å². The van der Waals surface area contributed by atoms with Crippen molar-refractivity contribution < 1.29 is 27.5 Å². The number of sulfonamides is 1. The fraction of sp³-hybridized carbons (Fsp3) is 0.333. The SMILES string of the molecule is CCOC(=O)c1ccc(NC(=O)CN(c2ccc(OCC)cc2)S(C)(=O)=O)c(C)c1. The van der Waals surface area contributed by atoms with Gasteiger partial charge >= 0.3 is 5.97 Å². The van der Waals surface area contributed by atoms with E-state index in [1.165, 1.54) is 0 Å². The zero-order valence-corrected chi connectivity index (χ0v) is 18.3. The van der Waals surface area contributed by atoms with E-state index in [-0.39, 0.29) is 6.61 Å². The second kappa shape index (κ2) is 10.1. The molecule has 162 valence electrons. The summed E-state index contributed by atoms with van der Waals surface area (Å²) in [5.41, 5.74) is 1.86. The smallest absolute Gasteiger partial charge is 0.338 e. The lowest BCUT2D eigenvalue weighted by Gasteiger charge is -2.22. The number of carbonyl (C=O) groups is 2. The third-order valence-electron chi connectivity index (χ3n) is 4.13. The molecule has 0 atom stereocenters. The number of aryl methyl sites for hydroxylation is 1. The highest BCUT2D eigenvalue weighted by molar-refractivity contribution is 7.92. The number of carbonyl (C=O) groups excluding carboxylic acids is 2. The van der Waals surface area contributed by atoms with Gasteiger partial charge in [0.1, 0.15) is 12.3 Å². The number of amides is 1. The van der Waals surface area contributed by atoms with Gasteiger partial charge in [-0.15, -0.1) is 0 Å². The van der Waals surface area contributed by atoms with E-state index in [0.717, 1.165) is 10.6 Å². The monoisotopic (exact) mass is 434 g/mol. The van der Waals surface area contributed by atoms with Crippen LogP contribution in [-0.2, 0) is 19.6 Å².